The minimum atomic E-state index is -0.590. The fraction of sp³-hybridized carbons (Fsp3) is 0.182. The quantitative estimate of drug-likeness (QED) is 0.865. The van der Waals surface area contributed by atoms with Gasteiger partial charge in [0.25, 0.3) is 0 Å². The van der Waals surface area contributed by atoms with Gasteiger partial charge in [-0.05, 0) is 22.0 Å². The number of halogens is 3. The van der Waals surface area contributed by atoms with Gasteiger partial charge in [0.05, 0.1) is 29.3 Å². The van der Waals surface area contributed by atoms with Crippen molar-refractivity contribution in [1.29, 1.82) is 0 Å². The third-order valence-corrected chi connectivity index (χ3v) is 3.83. The zero-order chi connectivity index (χ0) is 12.6. The molecule has 0 aliphatic heterocycles. The van der Waals surface area contributed by atoms with Gasteiger partial charge in [0.2, 0.25) is 0 Å². The van der Waals surface area contributed by atoms with Gasteiger partial charge in [0, 0.05) is 17.1 Å². The predicted octanol–water partition coefficient (Wildman–Crippen LogP) is 3.02. The fourth-order valence-corrected chi connectivity index (χ4v) is 2.09. The van der Waals surface area contributed by atoms with E-state index in [0.29, 0.717) is 10.0 Å². The van der Waals surface area contributed by atoms with Crippen molar-refractivity contribution in [2.24, 2.45) is 12.8 Å². The van der Waals surface area contributed by atoms with E-state index in [9.17, 15) is 4.39 Å². The zero-order valence-corrected chi connectivity index (χ0v) is 11.3. The molecule has 0 fully saturated rings. The van der Waals surface area contributed by atoms with E-state index in [1.165, 1.54) is 0 Å². The molecule has 2 rings (SSSR count). The number of hydrogen-bond acceptors (Lipinski definition) is 2. The van der Waals surface area contributed by atoms with E-state index in [-0.39, 0.29) is 5.02 Å². The van der Waals surface area contributed by atoms with Gasteiger partial charge in [-0.2, -0.15) is 0 Å². The number of hydrogen-bond donors (Lipinski definition) is 1. The topological polar surface area (TPSA) is 43.8 Å². The van der Waals surface area contributed by atoms with Crippen molar-refractivity contribution in [1.82, 2.24) is 9.55 Å². The Morgan fingerprint density at radius 1 is 1.53 bits per heavy atom. The second-order valence-electron chi connectivity index (χ2n) is 3.67. The lowest BCUT2D eigenvalue weighted by atomic mass is 10.0. The fourth-order valence-electron chi connectivity index (χ4n) is 1.61. The summed E-state index contributed by atoms with van der Waals surface area (Å²) in [5.74, 6) is -0.505. The molecule has 1 aromatic heterocycles. The molecule has 2 N–H and O–H groups in total. The van der Waals surface area contributed by atoms with Gasteiger partial charge < -0.3 is 10.3 Å². The second kappa shape index (κ2) is 4.76. The van der Waals surface area contributed by atoms with Crippen LogP contribution in [0, 0.1) is 5.82 Å². The molecule has 0 saturated carbocycles. The van der Waals surface area contributed by atoms with Gasteiger partial charge in [-0.15, -0.1) is 0 Å². The molecule has 1 aromatic carbocycles. The molecule has 1 atom stereocenters. The Balaban J connectivity index is 2.48. The molecule has 17 heavy (non-hydrogen) atoms. The predicted molar refractivity (Wildman–Crippen MR) is 68.3 cm³/mol. The van der Waals surface area contributed by atoms with Crippen LogP contribution in [-0.4, -0.2) is 9.55 Å². The van der Waals surface area contributed by atoms with Crippen molar-refractivity contribution in [3.8, 4) is 0 Å². The normalized spacial score (nSPS) is 12.8. The average molecular weight is 319 g/mol. The highest BCUT2D eigenvalue weighted by Crippen LogP contribution is 2.31. The minimum absolute atomic E-state index is 0.0418. The number of rotatable bonds is 2. The first-order chi connectivity index (χ1) is 8.02. The van der Waals surface area contributed by atoms with Gasteiger partial charge >= 0.3 is 0 Å². The first-order valence-corrected chi connectivity index (χ1v) is 6.04. The van der Waals surface area contributed by atoms with E-state index in [2.05, 4.69) is 20.9 Å². The van der Waals surface area contributed by atoms with Crippen molar-refractivity contribution in [3.63, 3.8) is 0 Å². The maximum Gasteiger partial charge on any atom is 0.148 e. The smallest absolute Gasteiger partial charge is 0.148 e. The Hall–Kier alpha value is -0.910. The Bertz CT molecular complexity index is 556. The monoisotopic (exact) mass is 317 g/mol. The van der Waals surface area contributed by atoms with Crippen LogP contribution in [0.4, 0.5) is 4.39 Å². The maximum absolute atomic E-state index is 14.0. The Morgan fingerprint density at radius 2 is 2.24 bits per heavy atom. The molecule has 90 valence electrons. The van der Waals surface area contributed by atoms with Crippen LogP contribution in [0.15, 0.2) is 29.1 Å². The largest absolute Gasteiger partial charge is 0.336 e. The first kappa shape index (κ1) is 12.5. The van der Waals surface area contributed by atoms with Crippen LogP contribution in [0.5, 0.6) is 0 Å². The molecule has 6 heteroatoms. The summed E-state index contributed by atoms with van der Waals surface area (Å²) >= 11 is 8.99. The summed E-state index contributed by atoms with van der Waals surface area (Å²) in [6.07, 6.45) is 3.23. The highest BCUT2D eigenvalue weighted by atomic mass is 79.9. The highest BCUT2D eigenvalue weighted by molar-refractivity contribution is 9.10. The lowest BCUT2D eigenvalue weighted by molar-refractivity contribution is 0.592. The van der Waals surface area contributed by atoms with Crippen LogP contribution in [0.1, 0.15) is 17.3 Å². The van der Waals surface area contributed by atoms with Gasteiger partial charge in [-0.3, -0.25) is 0 Å². The number of aromatic nitrogens is 2. The summed E-state index contributed by atoms with van der Waals surface area (Å²) < 4.78 is 16.2. The summed E-state index contributed by atoms with van der Waals surface area (Å²) in [7, 11) is 1.81. The van der Waals surface area contributed by atoms with Crippen LogP contribution in [0.3, 0.4) is 0 Å². The number of nitrogens with two attached hydrogens (primary N) is 1. The molecular formula is C11H10BrClFN3. The van der Waals surface area contributed by atoms with E-state index in [1.54, 1.807) is 36.3 Å². The molecule has 2 aromatic rings. The molecular weight excluding hydrogens is 308 g/mol. The standard InChI is InChI=1S/C11H10BrClFN3/c1-17-5-16-4-8(17)11(15)6-2-3-7(12)9(13)10(6)14/h2-5,11H,15H2,1H3. The molecule has 0 radical (unpaired) electrons. The molecule has 0 amide bonds. The molecule has 1 unspecified atom stereocenters. The van der Waals surface area contributed by atoms with E-state index < -0.39 is 11.9 Å². The van der Waals surface area contributed by atoms with E-state index in [0.717, 1.165) is 5.69 Å². The third kappa shape index (κ3) is 2.22. The van der Waals surface area contributed by atoms with Crippen LogP contribution in [0.25, 0.3) is 0 Å². The van der Waals surface area contributed by atoms with Gasteiger partial charge in [-0.1, -0.05) is 17.7 Å². The van der Waals surface area contributed by atoms with E-state index >= 15 is 0 Å². The minimum Gasteiger partial charge on any atom is -0.336 e. The van der Waals surface area contributed by atoms with E-state index in [1.807, 2.05) is 0 Å². The molecule has 0 bridgehead atoms. The van der Waals surface area contributed by atoms with Crippen LogP contribution in [-0.2, 0) is 7.05 Å². The van der Waals surface area contributed by atoms with Crippen molar-refractivity contribution in [2.75, 3.05) is 0 Å². The Kier molecular flexibility index (Phi) is 3.51. The van der Waals surface area contributed by atoms with Crippen molar-refractivity contribution in [2.45, 2.75) is 6.04 Å². The SMILES string of the molecule is Cn1cncc1C(N)c1ccc(Br)c(Cl)c1F. The first-order valence-electron chi connectivity index (χ1n) is 4.87. The lowest BCUT2D eigenvalue weighted by Crippen LogP contribution is -2.16. The van der Waals surface area contributed by atoms with Gasteiger partial charge in [0.1, 0.15) is 5.82 Å². The summed E-state index contributed by atoms with van der Waals surface area (Å²) in [6, 6.07) is 2.70. The summed E-state index contributed by atoms with van der Waals surface area (Å²) in [6.45, 7) is 0. The lowest BCUT2D eigenvalue weighted by Gasteiger charge is -2.14. The highest BCUT2D eigenvalue weighted by Gasteiger charge is 2.19. The molecule has 1 heterocycles. The number of imidazole rings is 1. The summed E-state index contributed by atoms with van der Waals surface area (Å²) in [5.41, 5.74) is 7.08. The Labute approximate surface area is 112 Å². The van der Waals surface area contributed by atoms with Crippen LogP contribution in [0.2, 0.25) is 5.02 Å². The van der Waals surface area contributed by atoms with Crippen molar-refractivity contribution in [3.05, 3.63) is 51.2 Å². The maximum atomic E-state index is 14.0. The van der Waals surface area contributed by atoms with Crippen molar-refractivity contribution >= 4 is 27.5 Å². The second-order valence-corrected chi connectivity index (χ2v) is 4.90. The third-order valence-electron chi connectivity index (χ3n) is 2.57. The Morgan fingerprint density at radius 3 is 2.82 bits per heavy atom. The number of nitrogens with zero attached hydrogens (tertiary/aromatic N) is 2. The zero-order valence-electron chi connectivity index (χ0n) is 8.99. The average Bonchev–Trinajstić information content (AvgIpc) is 2.72. The van der Waals surface area contributed by atoms with Crippen molar-refractivity contribution < 1.29 is 4.39 Å². The van der Waals surface area contributed by atoms with E-state index in [4.69, 9.17) is 17.3 Å². The molecule has 0 aliphatic carbocycles. The molecule has 0 aliphatic rings. The number of aryl methyl sites for hydroxylation is 1. The van der Waals surface area contributed by atoms with Crippen LogP contribution >= 0.6 is 27.5 Å². The molecule has 3 nitrogen and oxygen atoms in total. The van der Waals surface area contributed by atoms with Gasteiger partial charge in [-0.25, -0.2) is 9.37 Å². The summed E-state index contributed by atoms with van der Waals surface area (Å²) in [4.78, 5) is 3.96. The van der Waals surface area contributed by atoms with Gasteiger partial charge in [0.15, 0.2) is 0 Å². The van der Waals surface area contributed by atoms with Crippen LogP contribution < -0.4 is 5.73 Å². The molecule has 0 spiro atoms. The molecule has 0 saturated heterocycles. The number of benzene rings is 1. The summed E-state index contributed by atoms with van der Waals surface area (Å²) in [5, 5.41) is 0.0418.